The summed E-state index contributed by atoms with van der Waals surface area (Å²) >= 11 is 8.46. The predicted molar refractivity (Wildman–Crippen MR) is 72.4 cm³/mol. The number of halogens is 1. The van der Waals surface area contributed by atoms with E-state index in [0.717, 1.165) is 4.88 Å². The molecule has 0 unspecified atom stereocenters. The minimum atomic E-state index is -0.268. The first-order valence-corrected chi connectivity index (χ1v) is 7.65. The van der Waals surface area contributed by atoms with Gasteiger partial charge in [0.2, 0.25) is 0 Å². The van der Waals surface area contributed by atoms with Gasteiger partial charge in [-0.25, -0.2) is 0 Å². The molecule has 19 heavy (non-hydrogen) atoms. The van der Waals surface area contributed by atoms with Crippen molar-refractivity contribution in [1.29, 1.82) is 0 Å². The van der Waals surface area contributed by atoms with Crippen LogP contribution in [0.1, 0.15) is 13.3 Å². The van der Waals surface area contributed by atoms with Crippen LogP contribution >= 0.6 is 34.7 Å². The van der Waals surface area contributed by atoms with E-state index in [0.29, 0.717) is 21.9 Å². The maximum Gasteiger partial charge on any atom is 0.320 e. The molecular weight excluding hydrogens is 308 g/mol. The molecule has 1 aliphatic rings. The summed E-state index contributed by atoms with van der Waals surface area (Å²) < 4.78 is 11.3. The van der Waals surface area contributed by atoms with Gasteiger partial charge < -0.3 is 9.15 Å². The highest BCUT2D eigenvalue weighted by molar-refractivity contribution is 8.00. The summed E-state index contributed by atoms with van der Waals surface area (Å²) in [4.78, 5) is 12.3. The molecule has 1 aliphatic heterocycles. The lowest BCUT2D eigenvalue weighted by Crippen LogP contribution is -2.09. The van der Waals surface area contributed by atoms with Gasteiger partial charge in [-0.05, 0) is 30.8 Å². The van der Waals surface area contributed by atoms with Gasteiger partial charge in [0.05, 0.1) is 9.21 Å². The zero-order valence-corrected chi connectivity index (χ0v) is 12.2. The predicted octanol–water partition coefficient (Wildman–Crippen LogP) is 3.25. The molecule has 1 fully saturated rings. The van der Waals surface area contributed by atoms with Crippen LogP contribution in [0.4, 0.5) is 0 Å². The Morgan fingerprint density at radius 2 is 2.32 bits per heavy atom. The van der Waals surface area contributed by atoms with Gasteiger partial charge in [-0.2, -0.15) is 0 Å². The lowest BCUT2D eigenvalue weighted by Gasteiger charge is -1.98. The largest absolute Gasteiger partial charge is 0.462 e. The highest BCUT2D eigenvalue weighted by Crippen LogP contribution is 2.35. The maximum atomic E-state index is 11.5. The fourth-order valence-corrected chi connectivity index (χ4v) is 3.67. The number of esters is 1. The van der Waals surface area contributed by atoms with Gasteiger partial charge in [0.15, 0.2) is 0 Å². The van der Waals surface area contributed by atoms with Crippen molar-refractivity contribution in [2.24, 2.45) is 0 Å². The van der Waals surface area contributed by atoms with E-state index in [9.17, 15) is 4.79 Å². The van der Waals surface area contributed by atoms with Crippen LogP contribution in [0.15, 0.2) is 21.8 Å². The SMILES string of the molecule is C[C@@H]1C[C@@H](Sc2nnc(-c3ccc(Cl)s3)o2)C(=O)O1. The van der Waals surface area contributed by atoms with Gasteiger partial charge in [0.1, 0.15) is 11.4 Å². The molecule has 8 heteroatoms. The number of hydrogen-bond acceptors (Lipinski definition) is 7. The highest BCUT2D eigenvalue weighted by Gasteiger charge is 2.34. The molecule has 3 heterocycles. The van der Waals surface area contributed by atoms with Crippen molar-refractivity contribution in [3.05, 3.63) is 16.5 Å². The second-order valence-electron chi connectivity index (χ2n) is 4.07. The van der Waals surface area contributed by atoms with Gasteiger partial charge in [-0.15, -0.1) is 21.5 Å². The second kappa shape index (κ2) is 5.15. The lowest BCUT2D eigenvalue weighted by atomic mass is 10.3. The molecule has 0 saturated carbocycles. The van der Waals surface area contributed by atoms with Crippen LogP contribution in [0.3, 0.4) is 0 Å². The Bertz CT molecular complexity index is 613. The Balaban J connectivity index is 1.73. The summed E-state index contributed by atoms with van der Waals surface area (Å²) in [5.74, 6) is 0.190. The number of carbonyl (C=O) groups excluding carboxylic acids is 1. The third kappa shape index (κ3) is 2.77. The Morgan fingerprint density at radius 1 is 1.47 bits per heavy atom. The number of aromatic nitrogens is 2. The van der Waals surface area contributed by atoms with Crippen molar-refractivity contribution < 1.29 is 13.9 Å². The molecule has 5 nitrogen and oxygen atoms in total. The number of ether oxygens (including phenoxy) is 1. The summed E-state index contributed by atoms with van der Waals surface area (Å²) in [6.45, 7) is 1.87. The normalized spacial score (nSPS) is 22.7. The molecule has 0 N–H and O–H groups in total. The first-order chi connectivity index (χ1) is 9.11. The van der Waals surface area contributed by atoms with Crippen LogP contribution in [0, 0.1) is 0 Å². The number of rotatable bonds is 3. The smallest absolute Gasteiger partial charge is 0.320 e. The fourth-order valence-electron chi connectivity index (χ4n) is 1.72. The summed E-state index contributed by atoms with van der Waals surface area (Å²) in [6, 6.07) is 3.59. The molecule has 1 saturated heterocycles. The molecule has 0 spiro atoms. The molecule has 0 radical (unpaired) electrons. The van der Waals surface area contributed by atoms with E-state index in [1.807, 2.05) is 13.0 Å². The van der Waals surface area contributed by atoms with Crippen molar-refractivity contribution in [3.63, 3.8) is 0 Å². The van der Waals surface area contributed by atoms with Crippen LogP contribution in [-0.2, 0) is 9.53 Å². The van der Waals surface area contributed by atoms with Crippen molar-refractivity contribution in [1.82, 2.24) is 10.2 Å². The Kier molecular flexibility index (Phi) is 3.51. The van der Waals surface area contributed by atoms with E-state index in [2.05, 4.69) is 10.2 Å². The van der Waals surface area contributed by atoms with Crippen molar-refractivity contribution >= 4 is 40.7 Å². The average Bonchev–Trinajstić information content (AvgIpc) is 3.02. The maximum absolute atomic E-state index is 11.5. The van der Waals surface area contributed by atoms with Gasteiger partial charge in [0.25, 0.3) is 11.1 Å². The Hall–Kier alpha value is -1.05. The minimum Gasteiger partial charge on any atom is -0.462 e. The van der Waals surface area contributed by atoms with E-state index < -0.39 is 0 Å². The molecule has 0 bridgehead atoms. The number of thioether (sulfide) groups is 1. The molecule has 0 amide bonds. The molecule has 0 aromatic carbocycles. The average molecular weight is 317 g/mol. The monoisotopic (exact) mass is 316 g/mol. The number of nitrogens with zero attached hydrogens (tertiary/aromatic N) is 2. The first kappa shape index (κ1) is 13.0. The quantitative estimate of drug-likeness (QED) is 0.810. The van der Waals surface area contributed by atoms with Crippen molar-refractivity contribution in [2.75, 3.05) is 0 Å². The van der Waals surface area contributed by atoms with Gasteiger partial charge >= 0.3 is 5.97 Å². The number of hydrogen-bond donors (Lipinski definition) is 0. The van der Waals surface area contributed by atoms with E-state index in [4.69, 9.17) is 20.8 Å². The molecule has 3 rings (SSSR count). The minimum absolute atomic E-state index is 0.0523. The van der Waals surface area contributed by atoms with Gasteiger partial charge in [-0.3, -0.25) is 4.79 Å². The zero-order valence-electron chi connectivity index (χ0n) is 9.83. The van der Waals surface area contributed by atoms with Crippen LogP contribution in [0.2, 0.25) is 4.34 Å². The molecule has 2 aromatic heterocycles. The molecular formula is C11H9ClN2O3S2. The van der Waals surface area contributed by atoms with E-state index in [1.165, 1.54) is 23.1 Å². The second-order valence-corrected chi connectivity index (χ2v) is 6.94. The number of thiophene rings is 1. The van der Waals surface area contributed by atoms with Crippen molar-refractivity contribution in [3.8, 4) is 10.8 Å². The van der Waals surface area contributed by atoms with Gasteiger partial charge in [0, 0.05) is 6.42 Å². The Morgan fingerprint density at radius 3 is 2.95 bits per heavy atom. The summed E-state index contributed by atoms with van der Waals surface area (Å²) in [7, 11) is 0. The van der Waals surface area contributed by atoms with Crippen LogP contribution in [0.25, 0.3) is 10.8 Å². The lowest BCUT2D eigenvalue weighted by molar-refractivity contribution is -0.140. The summed E-state index contributed by atoms with van der Waals surface area (Å²) in [5, 5.41) is 7.98. The van der Waals surface area contributed by atoms with Crippen LogP contribution in [0.5, 0.6) is 0 Å². The molecule has 0 aliphatic carbocycles. The highest BCUT2D eigenvalue weighted by atomic mass is 35.5. The zero-order chi connectivity index (χ0) is 13.4. The van der Waals surface area contributed by atoms with Crippen molar-refractivity contribution in [2.45, 2.75) is 29.9 Å². The topological polar surface area (TPSA) is 65.2 Å². The number of cyclic esters (lactones) is 1. The van der Waals surface area contributed by atoms with E-state index >= 15 is 0 Å². The summed E-state index contributed by atoms with van der Waals surface area (Å²) in [6.07, 6.45) is 0.606. The molecule has 100 valence electrons. The van der Waals surface area contributed by atoms with E-state index in [-0.39, 0.29) is 17.3 Å². The van der Waals surface area contributed by atoms with Crippen LogP contribution in [-0.4, -0.2) is 27.5 Å². The molecule has 2 atom stereocenters. The standard InChI is InChI=1S/C11H9ClN2O3S2/c1-5-4-7(10(15)16-5)19-11-14-13-9(17-11)6-2-3-8(12)18-6/h2-3,5,7H,4H2,1H3/t5-,7-/m1/s1. The fraction of sp³-hybridized carbons (Fsp3) is 0.364. The molecule has 2 aromatic rings. The number of carbonyl (C=O) groups is 1. The summed E-state index contributed by atoms with van der Waals surface area (Å²) in [5.41, 5.74) is 0. The van der Waals surface area contributed by atoms with E-state index in [1.54, 1.807) is 6.07 Å². The third-order valence-electron chi connectivity index (χ3n) is 2.56. The van der Waals surface area contributed by atoms with Crippen LogP contribution < -0.4 is 0 Å². The third-order valence-corrected chi connectivity index (χ3v) is 4.81. The Labute approximate surface area is 122 Å². The van der Waals surface area contributed by atoms with Gasteiger partial charge in [-0.1, -0.05) is 11.6 Å². The first-order valence-electron chi connectivity index (χ1n) is 5.58.